The highest BCUT2D eigenvalue weighted by Crippen LogP contribution is 2.31. The quantitative estimate of drug-likeness (QED) is 0.848. The molecule has 0 aliphatic heterocycles. The molecule has 0 aromatic carbocycles. The van der Waals surface area contributed by atoms with Gasteiger partial charge >= 0.3 is 0 Å². The topological polar surface area (TPSA) is 75.3 Å². The molecule has 0 unspecified atom stereocenters. The van der Waals surface area contributed by atoms with Gasteiger partial charge in [0.15, 0.2) is 0 Å². The average Bonchev–Trinajstić information content (AvgIpc) is 2.73. The number of fused-ring (bicyclic) bond motifs is 1. The number of rotatable bonds is 6. The molecule has 104 valence electrons. The zero-order valence-corrected chi connectivity index (χ0v) is 12.2. The van der Waals surface area contributed by atoms with Crippen molar-refractivity contribution in [3.8, 4) is 0 Å². The summed E-state index contributed by atoms with van der Waals surface area (Å²) in [5.74, 6) is 1.14. The van der Waals surface area contributed by atoms with E-state index in [0.717, 1.165) is 35.4 Å². The maximum absolute atomic E-state index is 9.23. The minimum Gasteiger partial charge on any atom is -0.395 e. The third-order valence-electron chi connectivity index (χ3n) is 2.96. The van der Waals surface area contributed by atoms with Gasteiger partial charge in [-0.2, -0.15) is 4.98 Å². The van der Waals surface area contributed by atoms with Crippen LogP contribution in [0.25, 0.3) is 10.2 Å². The molecule has 0 amide bonds. The minimum absolute atomic E-state index is 0.109. The lowest BCUT2D eigenvalue weighted by Crippen LogP contribution is -2.29. The number of aliphatic hydroxyl groups excluding tert-OH is 1. The van der Waals surface area contributed by atoms with Crippen LogP contribution >= 0.6 is 11.3 Å². The van der Waals surface area contributed by atoms with Gasteiger partial charge in [-0.25, -0.2) is 4.98 Å². The van der Waals surface area contributed by atoms with Gasteiger partial charge in [-0.15, -0.1) is 11.3 Å². The molecule has 2 aromatic heterocycles. The average molecular weight is 280 g/mol. The Balaban J connectivity index is 2.44. The number of aliphatic hydroxyl groups is 1. The number of hydrogen-bond acceptors (Lipinski definition) is 6. The fourth-order valence-corrected chi connectivity index (χ4v) is 2.96. The number of aryl methyl sites for hydroxylation is 1. The van der Waals surface area contributed by atoms with Crippen molar-refractivity contribution in [1.29, 1.82) is 0 Å². The molecule has 3 N–H and O–H groups in total. The smallest absolute Gasteiger partial charge is 0.223 e. The monoisotopic (exact) mass is 280 g/mol. The third-order valence-corrected chi connectivity index (χ3v) is 3.91. The van der Waals surface area contributed by atoms with Crippen LogP contribution in [0.15, 0.2) is 6.07 Å². The van der Waals surface area contributed by atoms with Gasteiger partial charge in [0, 0.05) is 18.0 Å². The van der Waals surface area contributed by atoms with Gasteiger partial charge < -0.3 is 15.7 Å². The lowest BCUT2D eigenvalue weighted by molar-refractivity contribution is 0.301. The van der Waals surface area contributed by atoms with Crippen molar-refractivity contribution in [1.82, 2.24) is 9.97 Å². The van der Waals surface area contributed by atoms with Gasteiger partial charge in [0.25, 0.3) is 0 Å². The predicted molar refractivity (Wildman–Crippen MR) is 80.8 cm³/mol. The number of unbranched alkanes of at least 4 members (excludes halogenated alkanes) is 1. The van der Waals surface area contributed by atoms with E-state index in [4.69, 9.17) is 5.73 Å². The van der Waals surface area contributed by atoms with Gasteiger partial charge in [-0.05, 0) is 19.4 Å². The van der Waals surface area contributed by atoms with Crippen LogP contribution in [0.1, 0.15) is 24.6 Å². The Kier molecular flexibility index (Phi) is 4.55. The summed E-state index contributed by atoms with van der Waals surface area (Å²) in [7, 11) is 0. The molecule has 2 aromatic rings. The Labute approximate surface area is 117 Å². The molecule has 0 spiro atoms. The van der Waals surface area contributed by atoms with E-state index in [9.17, 15) is 5.11 Å². The fourth-order valence-electron chi connectivity index (χ4n) is 2.08. The van der Waals surface area contributed by atoms with E-state index < -0.39 is 0 Å². The first-order chi connectivity index (χ1) is 9.15. The Hall–Kier alpha value is -1.40. The SMILES string of the molecule is CCCCN(CCO)c1nc(N)nc2sc(C)cc12. The Morgan fingerprint density at radius 3 is 2.84 bits per heavy atom. The number of nitrogen functional groups attached to an aromatic ring is 1. The first-order valence-electron chi connectivity index (χ1n) is 6.55. The number of hydrogen-bond donors (Lipinski definition) is 2. The summed E-state index contributed by atoms with van der Waals surface area (Å²) in [4.78, 5) is 12.9. The van der Waals surface area contributed by atoms with Crippen LogP contribution in [0.2, 0.25) is 0 Å². The first kappa shape index (κ1) is 14.0. The summed E-state index contributed by atoms with van der Waals surface area (Å²) in [6, 6.07) is 2.09. The van der Waals surface area contributed by atoms with Crippen molar-refractivity contribution in [3.63, 3.8) is 0 Å². The van der Waals surface area contributed by atoms with E-state index >= 15 is 0 Å². The molecule has 0 fully saturated rings. The van der Waals surface area contributed by atoms with E-state index in [2.05, 4.69) is 34.8 Å². The molecular formula is C13H20N4OS. The summed E-state index contributed by atoms with van der Waals surface area (Å²) in [6.45, 7) is 5.75. The normalized spacial score (nSPS) is 11.1. The zero-order chi connectivity index (χ0) is 13.8. The van der Waals surface area contributed by atoms with E-state index in [1.165, 1.54) is 4.88 Å². The standard InChI is InChI=1S/C13H20N4OS/c1-3-4-5-17(6-7-18)11-10-8-9(2)19-12(10)16-13(14)15-11/h8,18H,3-7H2,1-2H3,(H2,14,15,16). The van der Waals surface area contributed by atoms with Crippen LogP contribution in [-0.4, -0.2) is 34.8 Å². The van der Waals surface area contributed by atoms with E-state index in [1.54, 1.807) is 11.3 Å². The third kappa shape index (κ3) is 3.13. The van der Waals surface area contributed by atoms with Crippen LogP contribution < -0.4 is 10.6 Å². The number of thiophene rings is 1. The zero-order valence-electron chi connectivity index (χ0n) is 11.4. The van der Waals surface area contributed by atoms with Gasteiger partial charge in [-0.1, -0.05) is 13.3 Å². The largest absolute Gasteiger partial charge is 0.395 e. The number of anilines is 2. The van der Waals surface area contributed by atoms with Gasteiger partial charge in [0.05, 0.1) is 12.0 Å². The van der Waals surface area contributed by atoms with E-state index in [-0.39, 0.29) is 6.61 Å². The molecule has 2 rings (SSSR count). The Morgan fingerprint density at radius 2 is 2.16 bits per heavy atom. The second-order valence-corrected chi connectivity index (χ2v) is 5.78. The minimum atomic E-state index is 0.109. The summed E-state index contributed by atoms with van der Waals surface area (Å²) >= 11 is 1.62. The molecular weight excluding hydrogens is 260 g/mol. The highest BCUT2D eigenvalue weighted by atomic mass is 32.1. The molecule has 0 aliphatic rings. The molecule has 0 aliphatic carbocycles. The summed E-state index contributed by atoms with van der Waals surface area (Å²) in [5, 5.41) is 10.3. The molecule has 6 heteroatoms. The molecule has 0 atom stereocenters. The van der Waals surface area contributed by atoms with Crippen molar-refractivity contribution in [2.24, 2.45) is 0 Å². The van der Waals surface area contributed by atoms with Crippen LogP contribution in [-0.2, 0) is 0 Å². The van der Waals surface area contributed by atoms with E-state index in [0.29, 0.717) is 12.5 Å². The summed E-state index contributed by atoms with van der Waals surface area (Å²) < 4.78 is 0. The van der Waals surface area contributed by atoms with Crippen LogP contribution in [0.5, 0.6) is 0 Å². The van der Waals surface area contributed by atoms with Crippen molar-refractivity contribution < 1.29 is 5.11 Å². The highest BCUT2D eigenvalue weighted by Gasteiger charge is 2.15. The van der Waals surface area contributed by atoms with Crippen molar-refractivity contribution in [3.05, 3.63) is 10.9 Å². The molecule has 2 heterocycles. The van der Waals surface area contributed by atoms with Gasteiger partial charge in [0.1, 0.15) is 10.6 Å². The van der Waals surface area contributed by atoms with Crippen LogP contribution in [0.4, 0.5) is 11.8 Å². The van der Waals surface area contributed by atoms with Crippen molar-refractivity contribution in [2.45, 2.75) is 26.7 Å². The van der Waals surface area contributed by atoms with Crippen LogP contribution in [0.3, 0.4) is 0 Å². The predicted octanol–water partition coefficient (Wildman–Crippen LogP) is 2.18. The first-order valence-corrected chi connectivity index (χ1v) is 7.36. The number of aromatic nitrogens is 2. The second-order valence-electron chi connectivity index (χ2n) is 4.55. The molecule has 0 saturated heterocycles. The van der Waals surface area contributed by atoms with E-state index in [1.807, 2.05) is 0 Å². The Bertz CT molecular complexity index is 555. The fraction of sp³-hybridized carbons (Fsp3) is 0.538. The lowest BCUT2D eigenvalue weighted by atomic mass is 10.2. The van der Waals surface area contributed by atoms with Gasteiger partial charge in [-0.3, -0.25) is 0 Å². The second kappa shape index (κ2) is 6.16. The molecule has 5 nitrogen and oxygen atoms in total. The number of nitrogens with zero attached hydrogens (tertiary/aromatic N) is 3. The maximum atomic E-state index is 9.23. The molecule has 19 heavy (non-hydrogen) atoms. The highest BCUT2D eigenvalue weighted by molar-refractivity contribution is 7.18. The van der Waals surface area contributed by atoms with Gasteiger partial charge in [0.2, 0.25) is 5.95 Å². The van der Waals surface area contributed by atoms with Crippen molar-refractivity contribution >= 4 is 33.3 Å². The van der Waals surface area contributed by atoms with Crippen molar-refractivity contribution in [2.75, 3.05) is 30.3 Å². The lowest BCUT2D eigenvalue weighted by Gasteiger charge is -2.23. The van der Waals surface area contributed by atoms with Crippen LogP contribution in [0, 0.1) is 6.92 Å². The Morgan fingerprint density at radius 1 is 1.37 bits per heavy atom. The summed E-state index contributed by atoms with van der Waals surface area (Å²) in [5.41, 5.74) is 5.79. The number of nitrogens with two attached hydrogens (primary N) is 1. The maximum Gasteiger partial charge on any atom is 0.223 e. The molecule has 0 saturated carbocycles. The molecule has 0 radical (unpaired) electrons. The molecule has 0 bridgehead atoms. The summed E-state index contributed by atoms with van der Waals surface area (Å²) in [6.07, 6.45) is 2.17.